The summed E-state index contributed by atoms with van der Waals surface area (Å²) in [5, 5.41) is 13.9. The number of hydrogen-bond donors (Lipinski definition) is 1. The summed E-state index contributed by atoms with van der Waals surface area (Å²) in [4.78, 5) is 13.0. The normalized spacial score (nSPS) is 27.7. The number of benzene rings is 2. The summed E-state index contributed by atoms with van der Waals surface area (Å²) in [5.41, 5.74) is 0.704. The van der Waals surface area contributed by atoms with Crippen LogP contribution in [-0.4, -0.2) is 37.7 Å². The number of hydrogen-bond acceptors (Lipinski definition) is 4. The van der Waals surface area contributed by atoms with E-state index in [9.17, 15) is 9.90 Å². The van der Waals surface area contributed by atoms with E-state index >= 15 is 0 Å². The minimum absolute atomic E-state index is 0.0296. The molecule has 6 atom stereocenters. The Hall–Kier alpha value is -2.47. The first-order valence-corrected chi connectivity index (χ1v) is 18.6. The van der Waals surface area contributed by atoms with Crippen molar-refractivity contribution < 1.29 is 19.1 Å². The molecular formula is C39H56O4Si. The van der Waals surface area contributed by atoms with Crippen molar-refractivity contribution in [3.05, 3.63) is 84.5 Å². The highest BCUT2D eigenvalue weighted by Gasteiger charge is 2.52. The predicted molar refractivity (Wildman–Crippen MR) is 185 cm³/mol. The fourth-order valence-electron chi connectivity index (χ4n) is 7.50. The summed E-state index contributed by atoms with van der Waals surface area (Å²) in [7, 11) is -2.78. The van der Waals surface area contributed by atoms with Crippen LogP contribution in [0, 0.1) is 29.1 Å². The Balaban J connectivity index is 1.82. The third-order valence-electron chi connectivity index (χ3n) is 9.99. The van der Waals surface area contributed by atoms with Crippen molar-refractivity contribution >= 4 is 24.7 Å². The Bertz CT molecular complexity index is 1250. The van der Waals surface area contributed by atoms with Crippen LogP contribution in [0.5, 0.6) is 0 Å². The van der Waals surface area contributed by atoms with Gasteiger partial charge in [-0.1, -0.05) is 119 Å². The molecule has 5 heteroatoms. The molecule has 0 radical (unpaired) electrons. The van der Waals surface area contributed by atoms with Crippen molar-refractivity contribution in [1.82, 2.24) is 0 Å². The van der Waals surface area contributed by atoms with Gasteiger partial charge in [0.05, 0.1) is 5.41 Å². The van der Waals surface area contributed by atoms with Crippen molar-refractivity contribution in [3.8, 4) is 0 Å². The molecular weight excluding hydrogens is 561 g/mol. The first-order chi connectivity index (χ1) is 20.6. The average molecular weight is 617 g/mol. The number of allylic oxidation sites excluding steroid dienone is 2. The van der Waals surface area contributed by atoms with Crippen LogP contribution in [0.15, 0.2) is 84.5 Å². The Labute approximate surface area is 268 Å². The smallest absolute Gasteiger partial charge is 0.311 e. The van der Waals surface area contributed by atoms with Gasteiger partial charge in [-0.3, -0.25) is 4.79 Å². The zero-order valence-electron chi connectivity index (χ0n) is 28.5. The van der Waals surface area contributed by atoms with Crippen LogP contribution >= 0.6 is 0 Å². The van der Waals surface area contributed by atoms with Crippen LogP contribution in [-0.2, 0) is 14.0 Å². The maximum absolute atomic E-state index is 13.0. The molecule has 2 aromatic rings. The van der Waals surface area contributed by atoms with Crippen molar-refractivity contribution in [2.24, 2.45) is 29.1 Å². The van der Waals surface area contributed by atoms with Gasteiger partial charge in [-0.2, -0.15) is 0 Å². The Morgan fingerprint density at radius 1 is 0.886 bits per heavy atom. The molecule has 0 heterocycles. The largest absolute Gasteiger partial charge is 0.459 e. The van der Waals surface area contributed by atoms with E-state index in [4.69, 9.17) is 9.16 Å². The van der Waals surface area contributed by atoms with Gasteiger partial charge in [0.2, 0.25) is 0 Å². The maximum atomic E-state index is 13.0. The highest BCUT2D eigenvalue weighted by atomic mass is 28.4. The van der Waals surface area contributed by atoms with E-state index in [0.29, 0.717) is 30.6 Å². The molecule has 0 spiro atoms. The van der Waals surface area contributed by atoms with E-state index in [-0.39, 0.29) is 23.0 Å². The standard InChI is InChI=1S/C39H56O4Si/c1-27(2)32-24-23-28(3)33-26-36(42-37(41)38(4,5)6)35(40)22-16-17-29(25-34(32)33)43-44(39(7,8)9,30-18-12-10-13-19-30)31-20-14-11-15-21-31/h10-16,18-23,27,29,32-36,40H,17,24-26H2,1-9H3/b22-16-/t29-,32+,33-,34+,35+,36-/m0/s1. The highest BCUT2D eigenvalue weighted by molar-refractivity contribution is 6.99. The van der Waals surface area contributed by atoms with Crippen LogP contribution in [0.1, 0.15) is 88.0 Å². The molecule has 4 rings (SSSR count). The quantitative estimate of drug-likeness (QED) is 0.204. The van der Waals surface area contributed by atoms with E-state index in [0.717, 1.165) is 12.8 Å². The second-order valence-electron chi connectivity index (χ2n) is 15.6. The van der Waals surface area contributed by atoms with Crippen LogP contribution < -0.4 is 10.4 Å². The lowest BCUT2D eigenvalue weighted by Gasteiger charge is -2.48. The van der Waals surface area contributed by atoms with Gasteiger partial charge in [-0.15, -0.1) is 0 Å². The summed E-state index contributed by atoms with van der Waals surface area (Å²) in [6.45, 7) is 19.5. The monoisotopic (exact) mass is 616 g/mol. The second kappa shape index (κ2) is 13.9. The van der Waals surface area contributed by atoms with Gasteiger partial charge in [0.25, 0.3) is 8.32 Å². The zero-order valence-corrected chi connectivity index (χ0v) is 29.5. The molecule has 4 nitrogen and oxygen atoms in total. The number of esters is 1. The fourth-order valence-corrected chi connectivity index (χ4v) is 12.2. The molecule has 2 aliphatic rings. The molecule has 2 aromatic carbocycles. The minimum Gasteiger partial charge on any atom is -0.459 e. The number of fused-ring (bicyclic) bond motifs is 1. The van der Waals surface area contributed by atoms with Gasteiger partial charge < -0.3 is 14.3 Å². The molecule has 0 saturated carbocycles. The minimum atomic E-state index is -2.78. The molecule has 0 unspecified atom stereocenters. The molecule has 0 saturated heterocycles. The predicted octanol–water partition coefficient (Wildman–Crippen LogP) is 7.85. The third-order valence-corrected chi connectivity index (χ3v) is 15.1. The second-order valence-corrected chi connectivity index (χ2v) is 19.8. The molecule has 1 N–H and O–H groups in total. The fraction of sp³-hybridized carbons (Fsp3) is 0.564. The summed E-state index contributed by atoms with van der Waals surface area (Å²) in [6.07, 6.45) is 8.07. The maximum Gasteiger partial charge on any atom is 0.311 e. The topological polar surface area (TPSA) is 55.8 Å². The Morgan fingerprint density at radius 3 is 1.95 bits per heavy atom. The lowest BCUT2D eigenvalue weighted by atomic mass is 9.64. The summed E-state index contributed by atoms with van der Waals surface area (Å²) in [6, 6.07) is 21.7. The van der Waals surface area contributed by atoms with E-state index in [2.05, 4.69) is 114 Å². The lowest BCUT2D eigenvalue weighted by Crippen LogP contribution is -2.67. The summed E-state index contributed by atoms with van der Waals surface area (Å²) < 4.78 is 13.8. The number of rotatable bonds is 6. The first-order valence-electron chi connectivity index (χ1n) is 16.7. The van der Waals surface area contributed by atoms with E-state index < -0.39 is 25.9 Å². The average Bonchev–Trinajstić information content (AvgIpc) is 2.96. The zero-order chi connectivity index (χ0) is 32.3. The lowest BCUT2D eigenvalue weighted by molar-refractivity contribution is -0.164. The van der Waals surface area contributed by atoms with Gasteiger partial charge in [-0.05, 0) is 92.5 Å². The van der Waals surface area contributed by atoms with Gasteiger partial charge in [0.1, 0.15) is 12.2 Å². The molecule has 0 fully saturated rings. The van der Waals surface area contributed by atoms with Crippen LogP contribution in [0.4, 0.5) is 0 Å². The molecule has 0 aliphatic heterocycles. The Morgan fingerprint density at radius 2 is 1.45 bits per heavy atom. The van der Waals surface area contributed by atoms with E-state index in [1.54, 1.807) is 0 Å². The van der Waals surface area contributed by atoms with Crippen molar-refractivity contribution in [1.29, 1.82) is 0 Å². The van der Waals surface area contributed by atoms with Crippen LogP contribution in [0.2, 0.25) is 5.04 Å². The van der Waals surface area contributed by atoms with Gasteiger partial charge >= 0.3 is 5.97 Å². The van der Waals surface area contributed by atoms with Crippen molar-refractivity contribution in [2.75, 3.05) is 0 Å². The molecule has 44 heavy (non-hydrogen) atoms. The van der Waals surface area contributed by atoms with E-state index in [1.165, 1.54) is 15.9 Å². The highest BCUT2D eigenvalue weighted by Crippen LogP contribution is 2.46. The molecule has 0 aromatic heterocycles. The molecule has 0 bridgehead atoms. The third kappa shape index (κ3) is 7.49. The molecule has 2 aliphatic carbocycles. The number of carbonyl (C=O) groups is 1. The molecule has 0 amide bonds. The van der Waals surface area contributed by atoms with Crippen molar-refractivity contribution in [2.45, 2.75) is 111 Å². The van der Waals surface area contributed by atoms with Crippen LogP contribution in [0.25, 0.3) is 0 Å². The Kier molecular flexibility index (Phi) is 10.9. The SMILES string of the molecule is CC1=CC[C@H](C(C)C)[C@H]2C[C@@H](O[Si](c3ccccc3)(c3ccccc3)C(C)(C)C)C/C=C\[C@@H](O)[C@@H](OC(=O)C(C)(C)C)C[C@@H]12. The number of carbonyl (C=O) groups excluding carboxylic acids is 1. The van der Waals surface area contributed by atoms with Crippen LogP contribution in [0.3, 0.4) is 0 Å². The van der Waals surface area contributed by atoms with Gasteiger partial charge in [0, 0.05) is 6.10 Å². The van der Waals surface area contributed by atoms with Gasteiger partial charge in [-0.25, -0.2) is 0 Å². The van der Waals surface area contributed by atoms with Crippen molar-refractivity contribution in [3.63, 3.8) is 0 Å². The number of aliphatic hydroxyl groups is 1. The molecule has 240 valence electrons. The number of ether oxygens (including phenoxy) is 1. The van der Waals surface area contributed by atoms with Gasteiger partial charge in [0.15, 0.2) is 0 Å². The summed E-state index contributed by atoms with van der Waals surface area (Å²) >= 11 is 0. The first kappa shape index (κ1) is 34.4. The van der Waals surface area contributed by atoms with E-state index in [1.807, 2.05) is 26.8 Å². The number of aliphatic hydroxyl groups excluding tert-OH is 1. The summed E-state index contributed by atoms with van der Waals surface area (Å²) in [5.74, 6) is 1.25.